The van der Waals surface area contributed by atoms with Crippen LogP contribution in [0, 0.1) is 17.1 Å². The number of nitriles is 1. The maximum atomic E-state index is 13.4. The summed E-state index contributed by atoms with van der Waals surface area (Å²) in [5, 5.41) is 12.4. The van der Waals surface area contributed by atoms with Crippen molar-refractivity contribution in [2.45, 2.75) is 18.1 Å². The van der Waals surface area contributed by atoms with Crippen LogP contribution in [0.2, 0.25) is 0 Å². The molecule has 0 unspecified atom stereocenters. The molecule has 4 rings (SSSR count). The summed E-state index contributed by atoms with van der Waals surface area (Å²) in [6.45, 7) is 0.365. The van der Waals surface area contributed by atoms with Crippen LogP contribution >= 0.6 is 11.8 Å². The summed E-state index contributed by atoms with van der Waals surface area (Å²) in [7, 11) is 0. The molecule has 5 nitrogen and oxygen atoms in total. The van der Waals surface area contributed by atoms with Crippen molar-refractivity contribution >= 4 is 29.3 Å². The highest BCUT2D eigenvalue weighted by Crippen LogP contribution is 2.41. The molecule has 1 atom stereocenters. The molecule has 0 aromatic heterocycles. The topological polar surface area (TPSA) is 73.2 Å². The first kappa shape index (κ1) is 23.3. The van der Waals surface area contributed by atoms with Crippen molar-refractivity contribution in [1.29, 1.82) is 5.26 Å². The first-order chi connectivity index (χ1) is 16.6. The Morgan fingerprint density at radius 3 is 2.26 bits per heavy atom. The Labute approximate surface area is 201 Å². The van der Waals surface area contributed by atoms with Crippen LogP contribution in [0.1, 0.15) is 11.1 Å². The normalized spacial score (nSPS) is 16.8. The third-order valence-corrected chi connectivity index (χ3v) is 6.66. The van der Waals surface area contributed by atoms with Crippen LogP contribution in [0.4, 0.5) is 10.1 Å². The second-order valence-electron chi connectivity index (χ2n) is 7.73. The molecule has 1 saturated heterocycles. The first-order valence-electron chi connectivity index (χ1n) is 10.8. The van der Waals surface area contributed by atoms with E-state index in [4.69, 9.17) is 0 Å². The molecule has 0 spiro atoms. The second-order valence-corrected chi connectivity index (χ2v) is 8.92. The highest BCUT2D eigenvalue weighted by Gasteiger charge is 2.40. The zero-order valence-electron chi connectivity index (χ0n) is 18.3. The molecular formula is C27H22FN3O2S. The van der Waals surface area contributed by atoms with Gasteiger partial charge in [-0.05, 0) is 48.2 Å². The highest BCUT2D eigenvalue weighted by molar-refractivity contribution is 8.05. The quantitative estimate of drug-likeness (QED) is 0.403. The molecule has 0 saturated carbocycles. The summed E-state index contributed by atoms with van der Waals surface area (Å²) in [6.07, 6.45) is 0.979. The van der Waals surface area contributed by atoms with Crippen LogP contribution in [0.25, 0.3) is 0 Å². The number of amides is 2. The number of benzene rings is 3. The van der Waals surface area contributed by atoms with Crippen molar-refractivity contribution in [1.82, 2.24) is 5.32 Å². The lowest BCUT2D eigenvalue weighted by molar-refractivity contribution is -0.117. The number of para-hydroxylation sites is 1. The molecule has 34 heavy (non-hydrogen) atoms. The summed E-state index contributed by atoms with van der Waals surface area (Å²) in [5.41, 5.74) is 2.36. The number of nitrogens with zero attached hydrogens (tertiary/aromatic N) is 2. The molecular weight excluding hydrogens is 449 g/mol. The van der Waals surface area contributed by atoms with E-state index in [1.54, 1.807) is 36.4 Å². The van der Waals surface area contributed by atoms with Crippen LogP contribution < -0.4 is 10.2 Å². The van der Waals surface area contributed by atoms with E-state index in [1.807, 2.05) is 42.5 Å². The van der Waals surface area contributed by atoms with Gasteiger partial charge in [-0.3, -0.25) is 14.5 Å². The summed E-state index contributed by atoms with van der Waals surface area (Å²) in [4.78, 5) is 27.8. The van der Waals surface area contributed by atoms with Crippen LogP contribution in [-0.4, -0.2) is 23.6 Å². The third-order valence-electron chi connectivity index (χ3n) is 5.40. The standard InChI is InChI=1S/C27H22FN3O2S/c28-21-13-11-20(12-14-21)17-24-26(33)31(22-9-5-2-6-10-22)27(34-24)23(18-29)25(32)30-16-15-19-7-3-1-4-8-19/h1-14,24H,15-17H2,(H,30,32)/b27-23-/t24-/m0/s1. The lowest BCUT2D eigenvalue weighted by Gasteiger charge is -2.18. The fraction of sp³-hybridized carbons (Fsp3) is 0.148. The van der Waals surface area contributed by atoms with Crippen molar-refractivity contribution in [3.05, 3.63) is 112 Å². The number of hydrogen-bond donors (Lipinski definition) is 1. The van der Waals surface area contributed by atoms with Crippen LogP contribution in [0.5, 0.6) is 0 Å². The number of thioether (sulfide) groups is 1. The molecule has 1 fully saturated rings. The van der Waals surface area contributed by atoms with E-state index >= 15 is 0 Å². The van der Waals surface area contributed by atoms with Gasteiger partial charge in [-0.15, -0.1) is 0 Å². The van der Waals surface area contributed by atoms with Crippen molar-refractivity contribution in [3.63, 3.8) is 0 Å². The van der Waals surface area contributed by atoms with Crippen molar-refractivity contribution < 1.29 is 14.0 Å². The molecule has 1 N–H and O–H groups in total. The van der Waals surface area contributed by atoms with E-state index in [0.717, 1.165) is 11.1 Å². The predicted octanol–water partition coefficient (Wildman–Crippen LogP) is 4.61. The SMILES string of the molecule is N#C/C(C(=O)NCCc1ccccc1)=C1/S[C@@H](Cc2ccc(F)cc2)C(=O)N1c1ccccc1. The van der Waals surface area contributed by atoms with E-state index in [2.05, 4.69) is 5.32 Å². The van der Waals surface area contributed by atoms with Gasteiger partial charge >= 0.3 is 0 Å². The average Bonchev–Trinajstić information content (AvgIpc) is 3.17. The molecule has 0 aliphatic carbocycles. The largest absolute Gasteiger partial charge is 0.351 e. The fourth-order valence-electron chi connectivity index (χ4n) is 3.69. The van der Waals surface area contributed by atoms with E-state index in [1.165, 1.54) is 28.8 Å². The minimum atomic E-state index is -0.541. The number of anilines is 1. The van der Waals surface area contributed by atoms with Crippen LogP contribution in [-0.2, 0) is 22.4 Å². The fourth-order valence-corrected chi connectivity index (χ4v) is 5.00. The number of carbonyl (C=O) groups is 2. The van der Waals surface area contributed by atoms with E-state index in [-0.39, 0.29) is 17.3 Å². The van der Waals surface area contributed by atoms with Gasteiger partial charge in [-0.25, -0.2) is 4.39 Å². The number of rotatable bonds is 7. The summed E-state index contributed by atoms with van der Waals surface area (Å²) in [5.74, 6) is -1.09. The first-order valence-corrected chi connectivity index (χ1v) is 11.7. The molecule has 1 heterocycles. The predicted molar refractivity (Wildman–Crippen MR) is 131 cm³/mol. The minimum Gasteiger partial charge on any atom is -0.351 e. The Morgan fingerprint density at radius 1 is 0.971 bits per heavy atom. The lowest BCUT2D eigenvalue weighted by Crippen LogP contribution is -2.32. The number of halogens is 1. The van der Waals surface area contributed by atoms with Gasteiger partial charge in [0.1, 0.15) is 22.5 Å². The smallest absolute Gasteiger partial charge is 0.264 e. The van der Waals surface area contributed by atoms with Gasteiger partial charge < -0.3 is 5.32 Å². The van der Waals surface area contributed by atoms with Crippen molar-refractivity contribution in [2.24, 2.45) is 0 Å². The maximum absolute atomic E-state index is 13.4. The molecule has 0 radical (unpaired) electrons. The molecule has 1 aliphatic heterocycles. The number of carbonyl (C=O) groups excluding carboxylic acids is 2. The zero-order chi connectivity index (χ0) is 23.9. The van der Waals surface area contributed by atoms with Crippen molar-refractivity contribution in [3.8, 4) is 6.07 Å². The van der Waals surface area contributed by atoms with Gasteiger partial charge in [-0.2, -0.15) is 5.26 Å². The highest BCUT2D eigenvalue weighted by atomic mass is 32.2. The van der Waals surface area contributed by atoms with Crippen molar-refractivity contribution in [2.75, 3.05) is 11.4 Å². The molecule has 7 heteroatoms. The van der Waals surface area contributed by atoms with Gasteiger partial charge in [0.25, 0.3) is 5.91 Å². The Hall–Kier alpha value is -3.89. The van der Waals surface area contributed by atoms with Gasteiger partial charge in [0.05, 0.1) is 5.25 Å². The summed E-state index contributed by atoms with van der Waals surface area (Å²) >= 11 is 1.19. The zero-order valence-corrected chi connectivity index (χ0v) is 19.1. The Kier molecular flexibility index (Phi) is 7.41. The summed E-state index contributed by atoms with van der Waals surface area (Å²) < 4.78 is 13.3. The minimum absolute atomic E-state index is 0.100. The monoisotopic (exact) mass is 471 g/mol. The van der Waals surface area contributed by atoms with Gasteiger partial charge in [0.15, 0.2) is 0 Å². The van der Waals surface area contributed by atoms with Gasteiger partial charge in [0, 0.05) is 12.2 Å². The average molecular weight is 472 g/mol. The maximum Gasteiger partial charge on any atom is 0.264 e. The lowest BCUT2D eigenvalue weighted by atomic mass is 10.1. The molecule has 1 aliphatic rings. The Bertz CT molecular complexity index is 1240. The number of nitrogens with one attached hydrogen (secondary N) is 1. The van der Waals surface area contributed by atoms with Crippen LogP contribution in [0.3, 0.4) is 0 Å². The Morgan fingerprint density at radius 2 is 1.62 bits per heavy atom. The van der Waals surface area contributed by atoms with Crippen LogP contribution in [0.15, 0.2) is 95.5 Å². The third kappa shape index (κ3) is 5.36. The second kappa shape index (κ2) is 10.8. The summed E-state index contributed by atoms with van der Waals surface area (Å²) in [6, 6.07) is 26.7. The molecule has 2 amide bonds. The van der Waals surface area contributed by atoms with E-state index in [0.29, 0.717) is 30.1 Å². The molecule has 170 valence electrons. The molecule has 3 aromatic carbocycles. The van der Waals surface area contributed by atoms with Gasteiger partial charge in [-0.1, -0.05) is 72.4 Å². The Balaban J connectivity index is 1.59. The van der Waals surface area contributed by atoms with E-state index in [9.17, 15) is 19.2 Å². The van der Waals surface area contributed by atoms with Gasteiger partial charge in [0.2, 0.25) is 5.91 Å². The number of hydrogen-bond acceptors (Lipinski definition) is 4. The molecule has 0 bridgehead atoms. The van der Waals surface area contributed by atoms with E-state index < -0.39 is 11.2 Å². The molecule has 3 aromatic rings.